The minimum atomic E-state index is -0.508. The van der Waals surface area contributed by atoms with Crippen molar-refractivity contribution >= 4 is 18.4 Å². The maximum Gasteiger partial charge on any atom is 0.318 e. The molecule has 0 aliphatic heterocycles. The third-order valence-electron chi connectivity index (χ3n) is 4.86. The molecule has 2 atom stereocenters. The molecule has 3 nitrogen and oxygen atoms in total. The van der Waals surface area contributed by atoms with Crippen LogP contribution in [0.2, 0.25) is 0 Å². The van der Waals surface area contributed by atoms with E-state index in [1.165, 1.54) is 0 Å². The average molecular weight is 340 g/mol. The molecule has 1 saturated carbocycles. The molecule has 1 aromatic rings. The molecule has 23 heavy (non-hydrogen) atoms. The normalized spacial score (nSPS) is 23.6. The minimum absolute atomic E-state index is 0. The number of rotatable bonds is 6. The Morgan fingerprint density at radius 2 is 1.78 bits per heavy atom. The predicted molar refractivity (Wildman–Crippen MR) is 97.1 cm³/mol. The number of halogens is 1. The van der Waals surface area contributed by atoms with Crippen molar-refractivity contribution in [3.05, 3.63) is 35.9 Å². The summed E-state index contributed by atoms with van der Waals surface area (Å²) in [6.07, 6.45) is 1.92. The fraction of sp³-hybridized carbons (Fsp3) is 0.632. The maximum absolute atomic E-state index is 12.9. The highest BCUT2D eigenvalue weighted by atomic mass is 35.5. The van der Waals surface area contributed by atoms with Crippen molar-refractivity contribution in [1.82, 2.24) is 4.90 Å². The number of benzene rings is 1. The molecule has 0 aromatic heterocycles. The Morgan fingerprint density at radius 1 is 1.22 bits per heavy atom. The number of carbonyl (C=O) groups is 1. The summed E-state index contributed by atoms with van der Waals surface area (Å²) in [6, 6.07) is 11.2. The summed E-state index contributed by atoms with van der Waals surface area (Å²) >= 11 is 0. The average Bonchev–Trinajstić information content (AvgIpc) is 2.44. The van der Waals surface area contributed by atoms with Gasteiger partial charge in [0.1, 0.15) is 5.41 Å². The van der Waals surface area contributed by atoms with Crippen molar-refractivity contribution in [1.29, 1.82) is 0 Å². The van der Waals surface area contributed by atoms with E-state index in [1.54, 1.807) is 0 Å². The first-order chi connectivity index (χ1) is 10.4. The smallest absolute Gasteiger partial charge is 0.318 e. The van der Waals surface area contributed by atoms with Gasteiger partial charge in [-0.25, -0.2) is 0 Å². The summed E-state index contributed by atoms with van der Waals surface area (Å²) in [6.45, 7) is 11.1. The number of nitrogens with zero attached hydrogens (tertiary/aromatic N) is 1. The van der Waals surface area contributed by atoms with E-state index in [0.717, 1.165) is 18.4 Å². The highest BCUT2D eigenvalue weighted by Gasteiger charge is 2.57. The molecule has 0 heterocycles. The van der Waals surface area contributed by atoms with E-state index in [9.17, 15) is 4.79 Å². The zero-order valence-corrected chi connectivity index (χ0v) is 15.7. The van der Waals surface area contributed by atoms with Gasteiger partial charge in [0.25, 0.3) is 0 Å². The van der Waals surface area contributed by atoms with Gasteiger partial charge >= 0.3 is 5.97 Å². The standard InChI is InChI=1S/C19H29NO2.ClH/c1-6-22-18(21)19(16-10-8-7-9-11-16)13-12-17(19)20(14(2)3)15(4)5;/h7-11,14-15,17H,6,12-13H2,1-5H3;1H. The van der Waals surface area contributed by atoms with Gasteiger partial charge in [0.15, 0.2) is 0 Å². The fourth-order valence-corrected chi connectivity index (χ4v) is 3.97. The first-order valence-corrected chi connectivity index (χ1v) is 8.45. The van der Waals surface area contributed by atoms with Crippen LogP contribution in [0.5, 0.6) is 0 Å². The summed E-state index contributed by atoms with van der Waals surface area (Å²) in [5.74, 6) is -0.0660. The lowest BCUT2D eigenvalue weighted by Gasteiger charge is -2.55. The number of hydrogen-bond acceptors (Lipinski definition) is 3. The van der Waals surface area contributed by atoms with Gasteiger partial charge in [0.05, 0.1) is 6.61 Å². The maximum atomic E-state index is 12.9. The van der Waals surface area contributed by atoms with E-state index >= 15 is 0 Å². The van der Waals surface area contributed by atoms with Gasteiger partial charge in [-0.1, -0.05) is 30.3 Å². The van der Waals surface area contributed by atoms with E-state index in [4.69, 9.17) is 4.74 Å². The van der Waals surface area contributed by atoms with Gasteiger partial charge in [-0.3, -0.25) is 9.69 Å². The molecule has 0 saturated heterocycles. The van der Waals surface area contributed by atoms with E-state index in [0.29, 0.717) is 18.7 Å². The van der Waals surface area contributed by atoms with E-state index < -0.39 is 5.41 Å². The second-order valence-electron chi connectivity index (χ2n) is 6.75. The van der Waals surface area contributed by atoms with Crippen LogP contribution >= 0.6 is 12.4 Å². The highest BCUT2D eigenvalue weighted by Crippen LogP contribution is 2.48. The number of esters is 1. The molecule has 130 valence electrons. The van der Waals surface area contributed by atoms with Crippen LogP contribution in [0.15, 0.2) is 30.3 Å². The third kappa shape index (κ3) is 3.56. The number of ether oxygens (including phenoxy) is 1. The highest BCUT2D eigenvalue weighted by molar-refractivity contribution is 5.86. The Morgan fingerprint density at radius 3 is 2.17 bits per heavy atom. The first kappa shape index (κ1) is 20.0. The van der Waals surface area contributed by atoms with Crippen LogP contribution in [-0.2, 0) is 14.9 Å². The van der Waals surface area contributed by atoms with Gasteiger partial charge in [0, 0.05) is 18.1 Å². The Balaban J connectivity index is 0.00000264. The quantitative estimate of drug-likeness (QED) is 0.728. The van der Waals surface area contributed by atoms with Crippen LogP contribution in [0.3, 0.4) is 0 Å². The van der Waals surface area contributed by atoms with Crippen LogP contribution in [0.25, 0.3) is 0 Å². The largest absolute Gasteiger partial charge is 0.465 e. The van der Waals surface area contributed by atoms with Gasteiger partial charge in [-0.15, -0.1) is 12.4 Å². The predicted octanol–water partition coefficient (Wildman–Crippen LogP) is 4.19. The van der Waals surface area contributed by atoms with E-state index in [1.807, 2.05) is 25.1 Å². The molecular weight excluding hydrogens is 310 g/mol. The second-order valence-corrected chi connectivity index (χ2v) is 6.75. The molecule has 1 fully saturated rings. The molecular formula is C19H30ClNO2. The SMILES string of the molecule is CCOC(=O)C1(c2ccccc2)CCC1N(C(C)C)C(C)C.Cl. The molecule has 0 N–H and O–H groups in total. The molecule has 1 aliphatic rings. The van der Waals surface area contributed by atoms with Crippen molar-refractivity contribution in [2.24, 2.45) is 0 Å². The Bertz CT molecular complexity index is 495. The molecule has 4 heteroatoms. The van der Waals surface area contributed by atoms with Crippen molar-refractivity contribution in [2.45, 2.75) is 71.0 Å². The molecule has 1 aromatic carbocycles. The zero-order valence-electron chi connectivity index (χ0n) is 14.9. The first-order valence-electron chi connectivity index (χ1n) is 8.45. The molecule has 0 bridgehead atoms. The van der Waals surface area contributed by atoms with Crippen LogP contribution in [0.4, 0.5) is 0 Å². The molecule has 0 radical (unpaired) electrons. The monoisotopic (exact) mass is 339 g/mol. The molecule has 0 amide bonds. The van der Waals surface area contributed by atoms with Crippen molar-refractivity contribution < 1.29 is 9.53 Å². The molecule has 0 spiro atoms. The second kappa shape index (κ2) is 8.16. The minimum Gasteiger partial charge on any atom is -0.465 e. The van der Waals surface area contributed by atoms with Crippen LogP contribution in [0.1, 0.15) is 53.0 Å². The van der Waals surface area contributed by atoms with Crippen molar-refractivity contribution in [2.75, 3.05) is 6.61 Å². The lowest BCUT2D eigenvalue weighted by Crippen LogP contribution is -2.65. The number of hydrogen-bond donors (Lipinski definition) is 0. The van der Waals surface area contributed by atoms with E-state index in [2.05, 4.69) is 44.7 Å². The van der Waals surface area contributed by atoms with Crippen molar-refractivity contribution in [3.8, 4) is 0 Å². The van der Waals surface area contributed by atoms with Gasteiger partial charge in [0.2, 0.25) is 0 Å². The van der Waals surface area contributed by atoms with Gasteiger partial charge < -0.3 is 4.74 Å². The molecule has 2 unspecified atom stereocenters. The van der Waals surface area contributed by atoms with Crippen molar-refractivity contribution in [3.63, 3.8) is 0 Å². The van der Waals surface area contributed by atoms with Crippen LogP contribution in [-0.4, -0.2) is 35.6 Å². The molecule has 1 aliphatic carbocycles. The van der Waals surface area contributed by atoms with Gasteiger partial charge in [-0.05, 0) is 53.0 Å². The van der Waals surface area contributed by atoms with Crippen LogP contribution < -0.4 is 0 Å². The summed E-state index contributed by atoms with van der Waals surface area (Å²) in [7, 11) is 0. The summed E-state index contributed by atoms with van der Waals surface area (Å²) < 4.78 is 5.48. The van der Waals surface area contributed by atoms with E-state index in [-0.39, 0.29) is 24.4 Å². The summed E-state index contributed by atoms with van der Waals surface area (Å²) in [4.78, 5) is 15.3. The summed E-state index contributed by atoms with van der Waals surface area (Å²) in [5, 5.41) is 0. The lowest BCUT2D eigenvalue weighted by atomic mass is 9.59. The Hall–Kier alpha value is -1.06. The lowest BCUT2D eigenvalue weighted by molar-refractivity contribution is -0.161. The Labute approximate surface area is 146 Å². The third-order valence-corrected chi connectivity index (χ3v) is 4.86. The summed E-state index contributed by atoms with van der Waals surface area (Å²) in [5.41, 5.74) is 0.585. The zero-order chi connectivity index (χ0) is 16.3. The molecule has 2 rings (SSSR count). The Kier molecular flexibility index (Phi) is 7.09. The van der Waals surface area contributed by atoms with Crippen LogP contribution in [0, 0.1) is 0 Å². The topological polar surface area (TPSA) is 29.5 Å². The number of carbonyl (C=O) groups excluding carboxylic acids is 1. The van der Waals surface area contributed by atoms with Gasteiger partial charge in [-0.2, -0.15) is 0 Å². The fourth-order valence-electron chi connectivity index (χ4n) is 3.97.